The third-order valence-corrected chi connectivity index (χ3v) is 3.66. The summed E-state index contributed by atoms with van der Waals surface area (Å²) in [6, 6.07) is -0.119. The summed E-state index contributed by atoms with van der Waals surface area (Å²) in [4.78, 5) is 28.4. The van der Waals surface area contributed by atoms with Crippen molar-refractivity contribution in [3.8, 4) is 0 Å². The van der Waals surface area contributed by atoms with Gasteiger partial charge in [-0.15, -0.1) is 0 Å². The van der Waals surface area contributed by atoms with E-state index in [4.69, 9.17) is 0 Å². The average molecular weight is 208 g/mol. The van der Waals surface area contributed by atoms with Gasteiger partial charge in [0.25, 0.3) is 0 Å². The van der Waals surface area contributed by atoms with Crippen molar-refractivity contribution in [2.45, 2.75) is 51.6 Å². The van der Waals surface area contributed by atoms with Gasteiger partial charge >= 0.3 is 0 Å². The predicted octanol–water partition coefficient (Wildman–Crippen LogP) is 2.00. The molecule has 0 radical (unpaired) electrons. The first-order chi connectivity index (χ1) is 7.19. The summed E-state index contributed by atoms with van der Waals surface area (Å²) in [6.07, 6.45) is 6.80. The molecule has 2 atom stereocenters. The lowest BCUT2D eigenvalue weighted by atomic mass is 9.67. The number of nitrogens with zero attached hydrogens (tertiary/aromatic N) is 2. The van der Waals surface area contributed by atoms with Crippen LogP contribution >= 0.6 is 0 Å². The highest BCUT2D eigenvalue weighted by molar-refractivity contribution is 5.36. The van der Waals surface area contributed by atoms with Crippen molar-refractivity contribution in [1.82, 2.24) is 0 Å². The van der Waals surface area contributed by atoms with Gasteiger partial charge in [-0.2, -0.15) is 0 Å². The molecule has 2 unspecified atom stereocenters. The van der Waals surface area contributed by atoms with E-state index >= 15 is 0 Å². The average Bonchev–Trinajstić information content (AvgIpc) is 2.25. The summed E-state index contributed by atoms with van der Waals surface area (Å²) in [6.45, 7) is 4.06. The first-order valence-electron chi connectivity index (χ1n) is 5.33. The van der Waals surface area contributed by atoms with Crippen LogP contribution in [-0.4, -0.2) is 24.2 Å². The van der Waals surface area contributed by atoms with E-state index in [2.05, 4.69) is 9.98 Å². The molecule has 0 saturated heterocycles. The molecule has 4 nitrogen and oxygen atoms in total. The van der Waals surface area contributed by atoms with Crippen LogP contribution in [0.4, 0.5) is 0 Å². The van der Waals surface area contributed by atoms with Crippen LogP contribution in [0.5, 0.6) is 0 Å². The molecular weight excluding hydrogens is 192 g/mol. The highest BCUT2D eigenvalue weighted by Gasteiger charge is 2.43. The molecule has 0 N–H and O–H groups in total. The Morgan fingerprint density at radius 2 is 1.67 bits per heavy atom. The van der Waals surface area contributed by atoms with E-state index in [0.717, 1.165) is 25.7 Å². The zero-order valence-corrected chi connectivity index (χ0v) is 9.19. The third-order valence-electron chi connectivity index (χ3n) is 3.66. The Bertz CT molecular complexity index is 289. The molecule has 0 aromatic rings. The van der Waals surface area contributed by atoms with Crippen molar-refractivity contribution in [1.29, 1.82) is 0 Å². The van der Waals surface area contributed by atoms with E-state index in [0.29, 0.717) is 0 Å². The summed E-state index contributed by atoms with van der Waals surface area (Å²) in [5.74, 6) is 0. The lowest BCUT2D eigenvalue weighted by molar-refractivity contribution is 0.139. The maximum atomic E-state index is 10.3. The molecule has 4 heteroatoms. The number of aliphatic imine (C=N–C) groups is 2. The normalized spacial score (nSPS) is 35.1. The van der Waals surface area contributed by atoms with E-state index in [1.165, 1.54) is 0 Å². The number of rotatable bonds is 3. The lowest BCUT2D eigenvalue weighted by Gasteiger charge is -2.41. The monoisotopic (exact) mass is 208 g/mol. The highest BCUT2D eigenvalue weighted by atomic mass is 16.1. The maximum Gasteiger partial charge on any atom is 0.235 e. The van der Waals surface area contributed by atoms with E-state index in [9.17, 15) is 9.59 Å². The third kappa shape index (κ3) is 2.23. The van der Waals surface area contributed by atoms with Gasteiger partial charge in [0.2, 0.25) is 12.2 Å². The summed E-state index contributed by atoms with van der Waals surface area (Å²) >= 11 is 0. The molecule has 0 spiro atoms. The molecule has 0 amide bonds. The number of isocyanates is 2. The van der Waals surface area contributed by atoms with Crippen LogP contribution in [0.2, 0.25) is 0 Å². The highest BCUT2D eigenvalue weighted by Crippen LogP contribution is 2.42. The minimum absolute atomic E-state index is 0.0594. The predicted molar refractivity (Wildman–Crippen MR) is 56.1 cm³/mol. The van der Waals surface area contributed by atoms with Gasteiger partial charge in [0, 0.05) is 5.41 Å². The second-order valence-corrected chi connectivity index (χ2v) is 4.26. The molecule has 1 aliphatic rings. The van der Waals surface area contributed by atoms with Gasteiger partial charge in [-0.1, -0.05) is 13.8 Å². The van der Waals surface area contributed by atoms with E-state index in [-0.39, 0.29) is 17.5 Å². The van der Waals surface area contributed by atoms with Crippen LogP contribution in [-0.2, 0) is 9.59 Å². The summed E-state index contributed by atoms with van der Waals surface area (Å²) in [7, 11) is 0. The Morgan fingerprint density at radius 3 is 2.00 bits per heavy atom. The van der Waals surface area contributed by atoms with Crippen molar-refractivity contribution in [2.24, 2.45) is 15.4 Å². The van der Waals surface area contributed by atoms with Crippen molar-refractivity contribution >= 4 is 12.2 Å². The molecule has 1 saturated carbocycles. The Hall–Kier alpha value is -1.24. The molecule has 15 heavy (non-hydrogen) atoms. The standard InChI is InChI=1S/C11H16N2O2/c1-3-11(2)9(12-7-14)5-4-6-10(11)13-8-15/h9-10H,3-6H2,1-2H3. The van der Waals surface area contributed by atoms with E-state index in [1.54, 1.807) is 12.2 Å². The van der Waals surface area contributed by atoms with Crippen LogP contribution in [0.25, 0.3) is 0 Å². The molecule has 1 aliphatic carbocycles. The fourth-order valence-corrected chi connectivity index (χ4v) is 2.41. The summed E-state index contributed by atoms with van der Waals surface area (Å²) in [5.41, 5.74) is -0.201. The number of carbonyl (C=O) groups excluding carboxylic acids is 2. The topological polar surface area (TPSA) is 58.9 Å². The molecule has 0 aromatic heterocycles. The quantitative estimate of drug-likeness (QED) is 0.526. The number of hydrogen-bond acceptors (Lipinski definition) is 4. The molecular formula is C11H16N2O2. The summed E-state index contributed by atoms with van der Waals surface area (Å²) < 4.78 is 0. The van der Waals surface area contributed by atoms with Gasteiger partial charge in [-0.05, 0) is 25.7 Å². The van der Waals surface area contributed by atoms with Gasteiger partial charge in [0.1, 0.15) is 0 Å². The molecule has 0 bridgehead atoms. The smallest absolute Gasteiger partial charge is 0.211 e. The fraction of sp³-hybridized carbons (Fsp3) is 0.818. The van der Waals surface area contributed by atoms with Crippen molar-refractivity contribution < 1.29 is 9.59 Å². The van der Waals surface area contributed by atoms with Gasteiger partial charge < -0.3 is 0 Å². The van der Waals surface area contributed by atoms with Crippen molar-refractivity contribution in [3.63, 3.8) is 0 Å². The van der Waals surface area contributed by atoms with Crippen molar-refractivity contribution in [2.75, 3.05) is 0 Å². The Labute approximate surface area is 89.5 Å². The van der Waals surface area contributed by atoms with E-state index < -0.39 is 0 Å². The lowest BCUT2D eigenvalue weighted by Crippen LogP contribution is -2.44. The second-order valence-electron chi connectivity index (χ2n) is 4.26. The molecule has 0 aromatic carbocycles. The summed E-state index contributed by atoms with van der Waals surface area (Å²) in [5, 5.41) is 0. The zero-order chi connectivity index (χ0) is 11.3. The second kappa shape index (κ2) is 5.01. The van der Waals surface area contributed by atoms with Gasteiger partial charge in [-0.25, -0.2) is 19.6 Å². The molecule has 82 valence electrons. The first kappa shape index (κ1) is 11.8. The molecule has 1 rings (SSSR count). The van der Waals surface area contributed by atoms with Crippen LogP contribution in [0.15, 0.2) is 9.98 Å². The maximum absolute atomic E-state index is 10.3. The molecule has 0 heterocycles. The Balaban J connectivity index is 3.00. The van der Waals surface area contributed by atoms with Crippen molar-refractivity contribution in [3.05, 3.63) is 0 Å². The van der Waals surface area contributed by atoms with E-state index in [1.807, 2.05) is 13.8 Å². The number of hydrogen-bond donors (Lipinski definition) is 0. The molecule has 1 fully saturated rings. The molecule has 0 aliphatic heterocycles. The zero-order valence-electron chi connectivity index (χ0n) is 9.19. The SMILES string of the molecule is CCC1(C)C(N=C=O)CCCC1N=C=O. The van der Waals surface area contributed by atoms with Crippen LogP contribution in [0.1, 0.15) is 39.5 Å². The van der Waals surface area contributed by atoms with Gasteiger partial charge in [-0.3, -0.25) is 0 Å². The van der Waals surface area contributed by atoms with Crippen LogP contribution in [0, 0.1) is 5.41 Å². The minimum atomic E-state index is -0.201. The largest absolute Gasteiger partial charge is 0.235 e. The fourth-order valence-electron chi connectivity index (χ4n) is 2.41. The Kier molecular flexibility index (Phi) is 3.96. The van der Waals surface area contributed by atoms with Gasteiger partial charge in [0.15, 0.2) is 0 Å². The van der Waals surface area contributed by atoms with Crippen LogP contribution in [0.3, 0.4) is 0 Å². The van der Waals surface area contributed by atoms with Crippen LogP contribution < -0.4 is 0 Å². The Morgan fingerprint density at radius 1 is 1.20 bits per heavy atom. The van der Waals surface area contributed by atoms with Gasteiger partial charge in [0.05, 0.1) is 12.1 Å². The minimum Gasteiger partial charge on any atom is -0.211 e. The first-order valence-corrected chi connectivity index (χ1v) is 5.33.